The van der Waals surface area contributed by atoms with Gasteiger partial charge in [-0.15, -0.1) is 0 Å². The number of rotatable bonds is 7. The first-order valence-corrected chi connectivity index (χ1v) is 11.8. The summed E-state index contributed by atoms with van der Waals surface area (Å²) in [5, 5.41) is 10.9. The number of hydrogen-bond acceptors (Lipinski definition) is 6. The van der Waals surface area contributed by atoms with E-state index in [1.165, 1.54) is 6.92 Å². The van der Waals surface area contributed by atoms with E-state index in [9.17, 15) is 22.2 Å². The number of aromatic nitrogens is 2. The zero-order chi connectivity index (χ0) is 23.3. The Bertz CT molecular complexity index is 790. The van der Waals surface area contributed by atoms with Crippen LogP contribution < -0.4 is 15.8 Å². The number of piperidine rings is 1. The van der Waals surface area contributed by atoms with Crippen LogP contribution in [0.25, 0.3) is 0 Å². The van der Waals surface area contributed by atoms with E-state index in [4.69, 9.17) is 9.88 Å². The van der Waals surface area contributed by atoms with E-state index in [0.29, 0.717) is 31.9 Å². The zero-order valence-electron chi connectivity index (χ0n) is 17.8. The summed E-state index contributed by atoms with van der Waals surface area (Å²) in [6, 6.07) is -0.860. The molecule has 3 rings (SSSR count). The Balaban J connectivity index is 1.42. The maximum Gasteiger partial charge on any atom is 0.407 e. The second-order valence-corrected chi connectivity index (χ2v) is 9.43. The van der Waals surface area contributed by atoms with Crippen molar-refractivity contribution in [2.24, 2.45) is 5.14 Å². The number of ether oxygens (including phenoxy) is 1. The van der Waals surface area contributed by atoms with Crippen LogP contribution in [0.15, 0.2) is 12.4 Å². The van der Waals surface area contributed by atoms with Gasteiger partial charge >= 0.3 is 12.3 Å². The molecule has 2 fully saturated rings. The highest BCUT2D eigenvalue weighted by Crippen LogP contribution is 2.35. The molecule has 4 unspecified atom stereocenters. The highest BCUT2D eigenvalue weighted by molar-refractivity contribution is 7.80. The summed E-state index contributed by atoms with van der Waals surface area (Å²) in [5.41, 5.74) is 0.931. The number of carbonyl (C=O) groups excluding carboxylic acids is 1. The number of halogens is 3. The first-order chi connectivity index (χ1) is 15.1. The molecule has 1 aromatic heterocycles. The monoisotopic (exact) mass is 478 g/mol. The van der Waals surface area contributed by atoms with Gasteiger partial charge in [0.15, 0.2) is 11.2 Å². The second kappa shape index (κ2) is 10.8. The van der Waals surface area contributed by atoms with E-state index in [-0.39, 0.29) is 18.1 Å². The molecule has 1 aliphatic heterocycles. The zero-order valence-corrected chi connectivity index (χ0v) is 18.6. The van der Waals surface area contributed by atoms with Crippen molar-refractivity contribution in [2.75, 3.05) is 18.4 Å². The van der Waals surface area contributed by atoms with Crippen molar-refractivity contribution in [3.8, 4) is 0 Å². The predicted molar refractivity (Wildman–Crippen MR) is 113 cm³/mol. The topological polar surface area (TPSA) is 122 Å². The van der Waals surface area contributed by atoms with E-state index in [0.717, 1.165) is 24.8 Å². The van der Waals surface area contributed by atoms with Crippen molar-refractivity contribution in [1.29, 1.82) is 0 Å². The lowest BCUT2D eigenvalue weighted by molar-refractivity contribution is -0.138. The number of nitrogens with two attached hydrogens (primary N) is 1. The fourth-order valence-electron chi connectivity index (χ4n) is 4.12. The molecule has 0 bridgehead atoms. The van der Waals surface area contributed by atoms with E-state index in [2.05, 4.69) is 20.6 Å². The molecule has 0 aromatic carbocycles. The van der Waals surface area contributed by atoms with Crippen LogP contribution in [0.1, 0.15) is 56.9 Å². The van der Waals surface area contributed by atoms with Crippen LogP contribution in [0.2, 0.25) is 0 Å². The molecule has 180 valence electrons. The van der Waals surface area contributed by atoms with Crippen molar-refractivity contribution in [3.05, 3.63) is 18.0 Å². The normalized spacial score (nSPS) is 24.7. The van der Waals surface area contributed by atoms with Crippen molar-refractivity contribution in [3.63, 3.8) is 0 Å². The first-order valence-electron chi connectivity index (χ1n) is 10.6. The van der Waals surface area contributed by atoms with Crippen LogP contribution in [-0.2, 0) is 15.9 Å². The van der Waals surface area contributed by atoms with Crippen molar-refractivity contribution < 1.29 is 26.9 Å². The van der Waals surface area contributed by atoms with Crippen molar-refractivity contribution >= 4 is 23.2 Å². The Morgan fingerprint density at radius 2 is 1.94 bits per heavy atom. The fraction of sp³-hybridized carbons (Fsp3) is 0.737. The Morgan fingerprint density at radius 1 is 1.28 bits per heavy atom. The van der Waals surface area contributed by atoms with Crippen molar-refractivity contribution in [2.45, 2.75) is 75.7 Å². The molecule has 2 aliphatic rings. The van der Waals surface area contributed by atoms with Crippen LogP contribution in [0.3, 0.4) is 0 Å². The molecule has 1 saturated carbocycles. The van der Waals surface area contributed by atoms with Gasteiger partial charge in [-0.2, -0.15) is 13.2 Å². The second-order valence-electron chi connectivity index (χ2n) is 8.37. The minimum Gasteiger partial charge on any atom is -0.446 e. The van der Waals surface area contributed by atoms with Crippen LogP contribution in [0, 0.1) is 0 Å². The van der Waals surface area contributed by atoms with E-state index < -0.39 is 35.9 Å². The highest BCUT2D eigenvalue weighted by atomic mass is 32.2. The highest BCUT2D eigenvalue weighted by Gasteiger charge is 2.33. The van der Waals surface area contributed by atoms with Gasteiger partial charge in [-0.25, -0.2) is 28.4 Å². The molecular formula is C19H29F3N6O3S. The molecular weight excluding hydrogens is 449 g/mol. The van der Waals surface area contributed by atoms with Gasteiger partial charge in [-0.1, -0.05) is 0 Å². The lowest BCUT2D eigenvalue weighted by atomic mass is 10.0. The molecule has 0 spiro atoms. The van der Waals surface area contributed by atoms with E-state index in [1.807, 2.05) is 0 Å². The van der Waals surface area contributed by atoms with Gasteiger partial charge in [0.1, 0.15) is 6.10 Å². The molecule has 13 heteroatoms. The summed E-state index contributed by atoms with van der Waals surface area (Å²) < 4.78 is 55.5. The maximum atomic E-state index is 12.4. The number of carbonyl (C=O) groups is 1. The first kappa shape index (κ1) is 24.6. The molecule has 1 amide bonds. The molecule has 0 radical (unpaired) electrons. The van der Waals surface area contributed by atoms with Crippen LogP contribution in [0.4, 0.5) is 23.9 Å². The van der Waals surface area contributed by atoms with Gasteiger partial charge in [-0.3, -0.25) is 0 Å². The minimum atomic E-state index is -4.34. The Labute approximate surface area is 187 Å². The van der Waals surface area contributed by atoms with Gasteiger partial charge in [0.25, 0.3) is 0 Å². The third kappa shape index (κ3) is 7.55. The molecule has 1 aromatic rings. The number of alkyl carbamates (subject to hydrolysis) is 1. The molecule has 4 atom stereocenters. The number of nitrogens with zero attached hydrogens (tertiary/aromatic N) is 3. The van der Waals surface area contributed by atoms with Gasteiger partial charge in [-0.05, 0) is 50.5 Å². The Kier molecular flexibility index (Phi) is 8.28. The Hall–Kier alpha value is -1.99. The predicted octanol–water partition coefficient (Wildman–Crippen LogP) is 2.59. The number of nitrogens with one attached hydrogen (secondary N) is 2. The summed E-state index contributed by atoms with van der Waals surface area (Å²) in [6.45, 7) is 2.58. The summed E-state index contributed by atoms with van der Waals surface area (Å²) in [4.78, 5) is 20.6. The summed E-state index contributed by atoms with van der Waals surface area (Å²) in [5.74, 6) is 0.641. The average molecular weight is 479 g/mol. The van der Waals surface area contributed by atoms with Crippen LogP contribution in [-0.4, -0.2) is 62.0 Å². The Morgan fingerprint density at radius 3 is 2.53 bits per heavy atom. The smallest absolute Gasteiger partial charge is 0.407 e. The lowest BCUT2D eigenvalue weighted by Gasteiger charge is -2.29. The van der Waals surface area contributed by atoms with Gasteiger partial charge in [0.2, 0.25) is 5.95 Å². The van der Waals surface area contributed by atoms with Gasteiger partial charge in [0.05, 0.1) is 6.42 Å². The van der Waals surface area contributed by atoms with Gasteiger partial charge < -0.3 is 15.4 Å². The SMILES string of the molecule is CC(CC(F)(F)F)NC(=O)OC1CCC(c2cnc(NC3CCN(S(N)=O)CC3)nc2)C1. The van der Waals surface area contributed by atoms with Gasteiger partial charge in [0, 0.05) is 37.6 Å². The summed E-state index contributed by atoms with van der Waals surface area (Å²) >= 11 is -1.44. The van der Waals surface area contributed by atoms with Crippen LogP contribution in [0.5, 0.6) is 0 Å². The largest absolute Gasteiger partial charge is 0.446 e. The molecule has 1 aliphatic carbocycles. The third-order valence-electron chi connectivity index (χ3n) is 5.74. The van der Waals surface area contributed by atoms with E-state index >= 15 is 0 Å². The molecule has 9 nitrogen and oxygen atoms in total. The van der Waals surface area contributed by atoms with Crippen molar-refractivity contribution in [1.82, 2.24) is 19.6 Å². The van der Waals surface area contributed by atoms with E-state index in [1.54, 1.807) is 16.7 Å². The lowest BCUT2D eigenvalue weighted by Crippen LogP contribution is -2.42. The quantitative estimate of drug-likeness (QED) is 0.554. The number of anilines is 1. The molecule has 4 N–H and O–H groups in total. The number of alkyl halides is 3. The summed E-state index contributed by atoms with van der Waals surface area (Å²) in [7, 11) is 0. The molecule has 1 saturated heterocycles. The number of hydrogen-bond donors (Lipinski definition) is 3. The number of amides is 1. The van der Waals surface area contributed by atoms with Crippen LogP contribution >= 0.6 is 0 Å². The molecule has 32 heavy (non-hydrogen) atoms. The standard InChI is InChI=1S/C19H29F3N6O3S/c1-12(9-19(20,21)22)26-18(29)31-16-3-2-13(8-16)14-10-24-17(25-11-14)27-15-4-6-28(7-5-15)32(23)30/h10-13,15-16H,2-9,23H2,1H3,(H,26,29)(H,24,25,27). The maximum absolute atomic E-state index is 12.4. The summed E-state index contributed by atoms with van der Waals surface area (Å²) in [6.07, 6.45) is 0.447. The fourth-order valence-corrected chi connectivity index (χ4v) is 4.69. The average Bonchev–Trinajstić information content (AvgIpc) is 3.15. The molecule has 2 heterocycles. The minimum absolute atomic E-state index is 0.122. The third-order valence-corrected chi connectivity index (χ3v) is 6.62.